The molecule has 0 atom stereocenters. The summed E-state index contributed by atoms with van der Waals surface area (Å²) in [5, 5.41) is 8.04. The average molecular weight is 294 g/mol. The van der Waals surface area contributed by atoms with Crippen LogP contribution in [0, 0.1) is 0 Å². The van der Waals surface area contributed by atoms with Gasteiger partial charge in [-0.3, -0.25) is 4.90 Å². The van der Waals surface area contributed by atoms with Gasteiger partial charge in [0.25, 0.3) is 0 Å². The van der Waals surface area contributed by atoms with Crippen LogP contribution in [0.3, 0.4) is 0 Å². The molecule has 1 aromatic carbocycles. The second kappa shape index (κ2) is 7.43. The lowest BCUT2D eigenvalue weighted by Crippen LogP contribution is -2.16. The zero-order valence-electron chi connectivity index (χ0n) is 11.9. The lowest BCUT2D eigenvalue weighted by Gasteiger charge is -2.14. The summed E-state index contributed by atoms with van der Waals surface area (Å²) < 4.78 is 5.34. The molecule has 4 nitrogen and oxygen atoms in total. The first kappa shape index (κ1) is 15.0. The monoisotopic (exact) mass is 293 g/mol. The van der Waals surface area contributed by atoms with Crippen molar-refractivity contribution in [1.29, 1.82) is 0 Å². The Bertz CT molecular complexity index is 524. The molecule has 20 heavy (non-hydrogen) atoms. The fourth-order valence-corrected chi connectivity index (χ4v) is 2.12. The first-order chi connectivity index (χ1) is 9.67. The summed E-state index contributed by atoms with van der Waals surface area (Å²) >= 11 is 5.88. The van der Waals surface area contributed by atoms with Gasteiger partial charge in [0.2, 0.25) is 0 Å². The SMILES string of the molecule is CCNCc1cc(CN(C)Cc2ccc(Cl)cc2)on1. The zero-order chi connectivity index (χ0) is 14.4. The van der Waals surface area contributed by atoms with Gasteiger partial charge in [-0.2, -0.15) is 0 Å². The first-order valence-electron chi connectivity index (χ1n) is 6.75. The van der Waals surface area contributed by atoms with Gasteiger partial charge in [0, 0.05) is 24.2 Å². The third-order valence-corrected chi connectivity index (χ3v) is 3.21. The van der Waals surface area contributed by atoms with Crippen molar-refractivity contribution >= 4 is 11.6 Å². The summed E-state index contributed by atoms with van der Waals surface area (Å²) in [6.07, 6.45) is 0. The Morgan fingerprint density at radius 2 is 2.00 bits per heavy atom. The van der Waals surface area contributed by atoms with Crippen molar-refractivity contribution < 1.29 is 4.52 Å². The molecule has 2 rings (SSSR count). The van der Waals surface area contributed by atoms with Crippen LogP contribution in [-0.2, 0) is 19.6 Å². The summed E-state index contributed by atoms with van der Waals surface area (Å²) in [7, 11) is 2.06. The van der Waals surface area contributed by atoms with Gasteiger partial charge in [-0.1, -0.05) is 35.8 Å². The van der Waals surface area contributed by atoms with Crippen molar-refractivity contribution in [2.75, 3.05) is 13.6 Å². The van der Waals surface area contributed by atoms with Crippen molar-refractivity contribution in [3.63, 3.8) is 0 Å². The molecular formula is C15H20ClN3O. The van der Waals surface area contributed by atoms with Crippen LogP contribution in [0.1, 0.15) is 23.9 Å². The lowest BCUT2D eigenvalue weighted by atomic mass is 10.2. The van der Waals surface area contributed by atoms with E-state index < -0.39 is 0 Å². The molecule has 0 spiro atoms. The molecule has 0 unspecified atom stereocenters. The quantitative estimate of drug-likeness (QED) is 0.852. The molecule has 2 aromatic rings. The molecule has 0 saturated heterocycles. The molecule has 0 saturated carbocycles. The maximum absolute atomic E-state index is 5.88. The number of hydrogen-bond acceptors (Lipinski definition) is 4. The molecule has 0 aliphatic carbocycles. The molecule has 5 heteroatoms. The van der Waals surface area contributed by atoms with Crippen LogP contribution in [0.5, 0.6) is 0 Å². The van der Waals surface area contributed by atoms with Crippen LogP contribution < -0.4 is 5.32 Å². The van der Waals surface area contributed by atoms with Crippen molar-refractivity contribution in [3.8, 4) is 0 Å². The molecule has 0 aliphatic rings. The van der Waals surface area contributed by atoms with Gasteiger partial charge in [0.1, 0.15) is 0 Å². The molecular weight excluding hydrogens is 274 g/mol. The number of nitrogens with zero attached hydrogens (tertiary/aromatic N) is 2. The molecule has 1 aromatic heterocycles. The van der Waals surface area contributed by atoms with Gasteiger partial charge in [0.05, 0.1) is 12.2 Å². The van der Waals surface area contributed by atoms with Crippen LogP contribution in [0.25, 0.3) is 0 Å². The summed E-state index contributed by atoms with van der Waals surface area (Å²) in [5.41, 5.74) is 2.17. The second-order valence-electron chi connectivity index (χ2n) is 4.86. The summed E-state index contributed by atoms with van der Waals surface area (Å²) in [6, 6.07) is 9.90. The van der Waals surface area contributed by atoms with E-state index in [2.05, 4.69) is 29.3 Å². The third kappa shape index (κ3) is 4.63. The van der Waals surface area contributed by atoms with Gasteiger partial charge < -0.3 is 9.84 Å². The number of rotatable bonds is 7. The van der Waals surface area contributed by atoms with E-state index >= 15 is 0 Å². The van der Waals surface area contributed by atoms with E-state index in [0.717, 1.165) is 42.7 Å². The predicted octanol–water partition coefficient (Wildman–Crippen LogP) is 3.07. The minimum atomic E-state index is 0.738. The van der Waals surface area contributed by atoms with Crippen LogP contribution in [0.2, 0.25) is 5.02 Å². The highest BCUT2D eigenvalue weighted by Crippen LogP contribution is 2.13. The van der Waals surface area contributed by atoms with Crippen molar-refractivity contribution in [2.24, 2.45) is 0 Å². The highest BCUT2D eigenvalue weighted by atomic mass is 35.5. The average Bonchev–Trinajstić information content (AvgIpc) is 2.86. The van der Waals surface area contributed by atoms with Crippen LogP contribution >= 0.6 is 11.6 Å². The first-order valence-corrected chi connectivity index (χ1v) is 7.13. The Labute approximate surface area is 124 Å². The zero-order valence-corrected chi connectivity index (χ0v) is 12.7. The molecule has 0 fully saturated rings. The minimum absolute atomic E-state index is 0.738. The molecule has 0 amide bonds. The fourth-order valence-electron chi connectivity index (χ4n) is 1.99. The molecule has 0 bridgehead atoms. The van der Waals surface area contributed by atoms with Crippen molar-refractivity contribution in [1.82, 2.24) is 15.4 Å². The standard InChI is InChI=1S/C15H20ClN3O/c1-3-17-9-14-8-15(20-18-14)11-19(2)10-12-4-6-13(16)7-5-12/h4-8,17H,3,9-11H2,1-2H3. The van der Waals surface area contributed by atoms with Gasteiger partial charge in [-0.05, 0) is 31.3 Å². The van der Waals surface area contributed by atoms with E-state index in [1.54, 1.807) is 0 Å². The predicted molar refractivity (Wildman–Crippen MR) is 80.5 cm³/mol. The Morgan fingerprint density at radius 3 is 2.70 bits per heavy atom. The highest BCUT2D eigenvalue weighted by Gasteiger charge is 2.07. The second-order valence-corrected chi connectivity index (χ2v) is 5.30. The maximum Gasteiger partial charge on any atom is 0.151 e. The van der Waals surface area contributed by atoms with E-state index in [4.69, 9.17) is 16.1 Å². The molecule has 1 heterocycles. The minimum Gasteiger partial charge on any atom is -0.360 e. The normalized spacial score (nSPS) is 11.2. The largest absolute Gasteiger partial charge is 0.360 e. The lowest BCUT2D eigenvalue weighted by molar-refractivity contribution is 0.265. The van der Waals surface area contributed by atoms with E-state index in [1.165, 1.54) is 5.56 Å². The van der Waals surface area contributed by atoms with Gasteiger partial charge in [-0.15, -0.1) is 0 Å². The van der Waals surface area contributed by atoms with E-state index in [-0.39, 0.29) is 0 Å². The number of nitrogens with one attached hydrogen (secondary N) is 1. The van der Waals surface area contributed by atoms with E-state index in [1.807, 2.05) is 30.3 Å². The number of hydrogen-bond donors (Lipinski definition) is 1. The molecule has 1 N–H and O–H groups in total. The van der Waals surface area contributed by atoms with Crippen LogP contribution in [0.4, 0.5) is 0 Å². The van der Waals surface area contributed by atoms with Gasteiger partial charge >= 0.3 is 0 Å². The third-order valence-electron chi connectivity index (χ3n) is 2.96. The summed E-state index contributed by atoms with van der Waals surface area (Å²) in [4.78, 5) is 2.18. The van der Waals surface area contributed by atoms with Crippen molar-refractivity contribution in [2.45, 2.75) is 26.6 Å². The topological polar surface area (TPSA) is 41.3 Å². The van der Waals surface area contributed by atoms with E-state index in [9.17, 15) is 0 Å². The Balaban J connectivity index is 1.86. The number of aromatic nitrogens is 1. The van der Waals surface area contributed by atoms with Gasteiger partial charge in [-0.25, -0.2) is 0 Å². The Hall–Kier alpha value is -1.36. The molecule has 108 valence electrons. The summed E-state index contributed by atoms with van der Waals surface area (Å²) in [5.74, 6) is 0.884. The van der Waals surface area contributed by atoms with Crippen LogP contribution in [0.15, 0.2) is 34.9 Å². The highest BCUT2D eigenvalue weighted by molar-refractivity contribution is 6.30. The fraction of sp³-hybridized carbons (Fsp3) is 0.400. The van der Waals surface area contributed by atoms with Crippen molar-refractivity contribution in [3.05, 3.63) is 52.4 Å². The summed E-state index contributed by atoms with van der Waals surface area (Å²) in [6.45, 7) is 5.34. The Morgan fingerprint density at radius 1 is 1.25 bits per heavy atom. The molecule has 0 radical (unpaired) electrons. The van der Waals surface area contributed by atoms with Gasteiger partial charge in [0.15, 0.2) is 5.76 Å². The number of halogens is 1. The maximum atomic E-state index is 5.88. The smallest absolute Gasteiger partial charge is 0.151 e. The molecule has 0 aliphatic heterocycles. The van der Waals surface area contributed by atoms with Crippen LogP contribution in [-0.4, -0.2) is 23.6 Å². The van der Waals surface area contributed by atoms with E-state index in [0.29, 0.717) is 0 Å². The Kier molecular flexibility index (Phi) is 5.59. The number of benzene rings is 1.